The van der Waals surface area contributed by atoms with Gasteiger partial charge in [0.15, 0.2) is 0 Å². The van der Waals surface area contributed by atoms with Gasteiger partial charge >= 0.3 is 5.97 Å². The van der Waals surface area contributed by atoms with E-state index in [0.29, 0.717) is 0 Å². The van der Waals surface area contributed by atoms with E-state index in [1.165, 1.54) is 0 Å². The SMILES string of the molecule is O=C(O)CC(O)C(=O)[O-]. The molecule has 2 N–H and O–H groups in total. The summed E-state index contributed by atoms with van der Waals surface area (Å²) in [5.41, 5.74) is 0. The van der Waals surface area contributed by atoms with E-state index in [9.17, 15) is 14.7 Å². The lowest BCUT2D eigenvalue weighted by molar-refractivity contribution is -0.315. The van der Waals surface area contributed by atoms with Crippen LogP contribution in [-0.4, -0.2) is 28.3 Å². The minimum atomic E-state index is -1.90. The van der Waals surface area contributed by atoms with Gasteiger partial charge in [0.2, 0.25) is 0 Å². The number of rotatable bonds is 3. The Morgan fingerprint density at radius 3 is 2.11 bits per heavy atom. The molecule has 1 unspecified atom stereocenters. The van der Waals surface area contributed by atoms with Crippen LogP contribution in [0, 0.1) is 0 Å². The fraction of sp³-hybridized carbons (Fsp3) is 0.500. The Morgan fingerprint density at radius 2 is 2.00 bits per heavy atom. The van der Waals surface area contributed by atoms with Crippen LogP contribution >= 0.6 is 0 Å². The summed E-state index contributed by atoms with van der Waals surface area (Å²) in [7, 11) is 0. The first kappa shape index (κ1) is 7.90. The number of hydrogen-bond donors (Lipinski definition) is 2. The number of hydrogen-bond acceptors (Lipinski definition) is 4. The zero-order chi connectivity index (χ0) is 7.44. The van der Waals surface area contributed by atoms with Crippen molar-refractivity contribution in [3.8, 4) is 0 Å². The number of aliphatic hydroxyl groups excluding tert-OH is 1. The molecule has 1 atom stereocenters. The number of carbonyl (C=O) groups is 2. The van der Waals surface area contributed by atoms with Gasteiger partial charge in [-0.1, -0.05) is 0 Å². The van der Waals surface area contributed by atoms with Gasteiger partial charge in [0.1, 0.15) is 6.10 Å². The Morgan fingerprint density at radius 1 is 1.56 bits per heavy atom. The Hall–Kier alpha value is -1.10. The van der Waals surface area contributed by atoms with E-state index in [4.69, 9.17) is 10.2 Å². The fourth-order valence-corrected chi connectivity index (χ4v) is 0.249. The number of carboxylic acid groups (broad SMARTS) is 2. The van der Waals surface area contributed by atoms with Crippen LogP contribution in [0.5, 0.6) is 0 Å². The van der Waals surface area contributed by atoms with Crippen molar-refractivity contribution < 1.29 is 24.9 Å². The predicted octanol–water partition coefficient (Wildman–Crippen LogP) is -2.43. The topological polar surface area (TPSA) is 97.7 Å². The second-order valence-corrected chi connectivity index (χ2v) is 1.43. The van der Waals surface area contributed by atoms with Crippen LogP contribution in [0.4, 0.5) is 0 Å². The lowest BCUT2D eigenvalue weighted by Gasteiger charge is -2.06. The Bertz CT molecular complexity index is 129. The maximum Gasteiger partial charge on any atom is 0.306 e. The molecule has 0 bridgehead atoms. The van der Waals surface area contributed by atoms with Crippen molar-refractivity contribution >= 4 is 11.9 Å². The molecule has 0 saturated carbocycles. The first-order valence-corrected chi connectivity index (χ1v) is 2.14. The molecule has 0 aromatic heterocycles. The maximum absolute atomic E-state index is 9.66. The average Bonchev–Trinajstić information content (AvgIpc) is 1.63. The zero-order valence-electron chi connectivity index (χ0n) is 4.40. The van der Waals surface area contributed by atoms with Gasteiger partial charge in [-0.25, -0.2) is 0 Å². The van der Waals surface area contributed by atoms with E-state index in [1.54, 1.807) is 0 Å². The molecule has 0 amide bonds. The molecule has 0 radical (unpaired) electrons. The molecule has 0 spiro atoms. The van der Waals surface area contributed by atoms with E-state index < -0.39 is 24.5 Å². The lowest BCUT2D eigenvalue weighted by atomic mass is 10.3. The first-order chi connectivity index (χ1) is 4.04. The number of carbonyl (C=O) groups excluding carboxylic acids is 1. The second kappa shape index (κ2) is 3.03. The maximum atomic E-state index is 9.66. The normalized spacial score (nSPS) is 12.6. The average molecular weight is 133 g/mol. The van der Waals surface area contributed by atoms with Crippen LogP contribution in [0.3, 0.4) is 0 Å². The molecule has 5 nitrogen and oxygen atoms in total. The quantitative estimate of drug-likeness (QED) is 0.446. The van der Waals surface area contributed by atoms with Gasteiger partial charge in [-0.05, 0) is 0 Å². The molecule has 0 rings (SSSR count). The third-order valence-corrected chi connectivity index (χ3v) is 0.640. The van der Waals surface area contributed by atoms with Gasteiger partial charge in [-0.15, -0.1) is 0 Å². The summed E-state index contributed by atoms with van der Waals surface area (Å²) < 4.78 is 0. The fourth-order valence-electron chi connectivity index (χ4n) is 0.249. The minimum Gasteiger partial charge on any atom is -0.547 e. The molecule has 0 aliphatic heterocycles. The van der Waals surface area contributed by atoms with Crippen molar-refractivity contribution in [2.24, 2.45) is 0 Å². The molecule has 0 aromatic rings. The van der Waals surface area contributed by atoms with Crippen LogP contribution in [0.2, 0.25) is 0 Å². The second-order valence-electron chi connectivity index (χ2n) is 1.43. The van der Waals surface area contributed by atoms with E-state index in [2.05, 4.69) is 0 Å². The Labute approximate surface area is 50.5 Å². The van der Waals surface area contributed by atoms with Crippen molar-refractivity contribution in [1.82, 2.24) is 0 Å². The minimum absolute atomic E-state index is 0.817. The number of carboxylic acids is 2. The van der Waals surface area contributed by atoms with Crippen LogP contribution in [0.1, 0.15) is 6.42 Å². The van der Waals surface area contributed by atoms with Crippen molar-refractivity contribution in [2.75, 3.05) is 0 Å². The molecule has 0 heterocycles. The van der Waals surface area contributed by atoms with Crippen molar-refractivity contribution in [3.05, 3.63) is 0 Å². The largest absolute Gasteiger partial charge is 0.547 e. The highest BCUT2D eigenvalue weighted by Crippen LogP contribution is 1.87. The summed E-state index contributed by atoms with van der Waals surface area (Å²) in [5.74, 6) is -3.14. The van der Waals surface area contributed by atoms with Gasteiger partial charge < -0.3 is 20.1 Å². The molecule has 0 saturated heterocycles. The predicted molar refractivity (Wildman–Crippen MR) is 23.3 cm³/mol. The highest BCUT2D eigenvalue weighted by molar-refractivity contribution is 5.77. The van der Waals surface area contributed by atoms with Gasteiger partial charge in [0.25, 0.3) is 0 Å². The molecule has 9 heavy (non-hydrogen) atoms. The summed E-state index contributed by atoms with van der Waals surface area (Å²) in [6.07, 6.45) is -2.72. The number of aliphatic hydroxyl groups is 1. The molecule has 0 aliphatic rings. The summed E-state index contributed by atoms with van der Waals surface area (Å²) in [5, 5.41) is 25.7. The third kappa shape index (κ3) is 3.48. The van der Waals surface area contributed by atoms with Crippen LogP contribution < -0.4 is 5.11 Å². The van der Waals surface area contributed by atoms with Gasteiger partial charge in [-0.2, -0.15) is 0 Å². The molecule has 0 aromatic carbocycles. The molecule has 0 fully saturated rings. The van der Waals surface area contributed by atoms with Crippen molar-refractivity contribution in [2.45, 2.75) is 12.5 Å². The third-order valence-electron chi connectivity index (χ3n) is 0.640. The van der Waals surface area contributed by atoms with Crippen molar-refractivity contribution in [3.63, 3.8) is 0 Å². The Kier molecular flexibility index (Phi) is 2.66. The monoisotopic (exact) mass is 133 g/mol. The summed E-state index contributed by atoms with van der Waals surface area (Å²) >= 11 is 0. The van der Waals surface area contributed by atoms with E-state index in [0.717, 1.165) is 0 Å². The summed E-state index contributed by atoms with van der Waals surface area (Å²) in [4.78, 5) is 19.3. The molecule has 5 heteroatoms. The highest BCUT2D eigenvalue weighted by Gasteiger charge is 2.08. The molecular formula is C4H5O5-. The number of aliphatic carboxylic acids is 2. The first-order valence-electron chi connectivity index (χ1n) is 2.14. The van der Waals surface area contributed by atoms with Crippen LogP contribution in [-0.2, 0) is 9.59 Å². The van der Waals surface area contributed by atoms with E-state index >= 15 is 0 Å². The zero-order valence-corrected chi connectivity index (χ0v) is 4.40. The smallest absolute Gasteiger partial charge is 0.306 e. The molecule has 0 aliphatic carbocycles. The van der Waals surface area contributed by atoms with Crippen molar-refractivity contribution in [1.29, 1.82) is 0 Å². The van der Waals surface area contributed by atoms with Gasteiger partial charge in [0.05, 0.1) is 12.4 Å². The molecule has 52 valence electrons. The van der Waals surface area contributed by atoms with Gasteiger partial charge in [0, 0.05) is 0 Å². The summed E-state index contributed by atoms with van der Waals surface area (Å²) in [6.45, 7) is 0. The van der Waals surface area contributed by atoms with Crippen LogP contribution in [0.25, 0.3) is 0 Å². The van der Waals surface area contributed by atoms with E-state index in [-0.39, 0.29) is 0 Å². The van der Waals surface area contributed by atoms with E-state index in [1.807, 2.05) is 0 Å². The van der Waals surface area contributed by atoms with Crippen LogP contribution in [0.15, 0.2) is 0 Å². The molecular weight excluding hydrogens is 128 g/mol. The lowest BCUT2D eigenvalue weighted by Crippen LogP contribution is -2.36. The van der Waals surface area contributed by atoms with Gasteiger partial charge in [-0.3, -0.25) is 4.79 Å². The summed E-state index contributed by atoms with van der Waals surface area (Å²) in [6, 6.07) is 0. The standard InChI is InChI=1S/C4H6O5/c5-2(4(8)9)1-3(6)7/h2,5H,1H2,(H,6,7)(H,8,9)/p-1. The highest BCUT2D eigenvalue weighted by atomic mass is 16.4. The Balaban J connectivity index is 3.63.